The van der Waals surface area contributed by atoms with Gasteiger partial charge in [0.15, 0.2) is 5.82 Å². The van der Waals surface area contributed by atoms with Crippen molar-refractivity contribution in [3.05, 3.63) is 65.2 Å². The number of halogens is 5. The number of nitrogens with one attached hydrogen (secondary N) is 1. The quantitative estimate of drug-likeness (QED) is 0.516. The van der Waals surface area contributed by atoms with Gasteiger partial charge in [0.2, 0.25) is 0 Å². The third kappa shape index (κ3) is 3.85. The maximum Gasteiger partial charge on any atom is 0.422 e. The number of rotatable bonds is 3. The van der Waals surface area contributed by atoms with Crippen LogP contribution in [0.15, 0.2) is 48.7 Å². The van der Waals surface area contributed by atoms with Crippen molar-refractivity contribution in [3.63, 3.8) is 0 Å². The molecule has 2 heterocycles. The van der Waals surface area contributed by atoms with E-state index in [-0.39, 0.29) is 17.2 Å². The number of hydrogen-bond donors (Lipinski definition) is 1. The number of anilines is 2. The lowest BCUT2D eigenvalue weighted by Crippen LogP contribution is -2.13. The molecule has 0 fully saturated rings. The third-order valence-electron chi connectivity index (χ3n) is 3.15. The first-order valence-corrected chi connectivity index (χ1v) is 7.31. The van der Waals surface area contributed by atoms with Crippen molar-refractivity contribution in [1.29, 1.82) is 0 Å². The van der Waals surface area contributed by atoms with Crippen LogP contribution in [0.5, 0.6) is 0 Å². The van der Waals surface area contributed by atoms with E-state index in [9.17, 15) is 17.6 Å². The smallest absolute Gasteiger partial charge is 0.340 e. The fraction of sp³-hybridized carbons (Fsp3) is 0.0625. The molecular formula is C16H9ClF4N4. The zero-order chi connectivity index (χ0) is 18.0. The molecule has 0 saturated heterocycles. The summed E-state index contributed by atoms with van der Waals surface area (Å²) < 4.78 is 53.0. The summed E-state index contributed by atoms with van der Waals surface area (Å²) in [4.78, 5) is 11.6. The van der Waals surface area contributed by atoms with Gasteiger partial charge in [0.25, 0.3) is 0 Å². The van der Waals surface area contributed by atoms with E-state index in [4.69, 9.17) is 11.6 Å². The van der Waals surface area contributed by atoms with Crippen LogP contribution in [0.3, 0.4) is 0 Å². The minimum absolute atomic E-state index is 0.0665. The molecule has 0 saturated carbocycles. The van der Waals surface area contributed by atoms with Crippen LogP contribution in [0.4, 0.5) is 29.1 Å². The van der Waals surface area contributed by atoms with Gasteiger partial charge < -0.3 is 5.32 Å². The molecular weight excluding hydrogens is 360 g/mol. The van der Waals surface area contributed by atoms with E-state index in [1.807, 2.05) is 0 Å². The lowest BCUT2D eigenvalue weighted by molar-refractivity contribution is -0.137. The van der Waals surface area contributed by atoms with Crippen LogP contribution in [0, 0.1) is 5.82 Å². The minimum Gasteiger partial charge on any atom is -0.340 e. The average molecular weight is 369 g/mol. The van der Waals surface area contributed by atoms with Gasteiger partial charge in [-0.3, -0.25) is 4.98 Å². The molecule has 0 bridgehead atoms. The number of benzene rings is 1. The van der Waals surface area contributed by atoms with E-state index < -0.39 is 28.5 Å². The first kappa shape index (κ1) is 17.1. The molecule has 3 aromatic rings. The molecule has 0 radical (unpaired) electrons. The van der Waals surface area contributed by atoms with Crippen molar-refractivity contribution >= 4 is 23.1 Å². The molecule has 0 spiro atoms. The molecule has 25 heavy (non-hydrogen) atoms. The van der Waals surface area contributed by atoms with Gasteiger partial charge in [0.05, 0.1) is 0 Å². The van der Waals surface area contributed by atoms with E-state index in [2.05, 4.69) is 20.3 Å². The van der Waals surface area contributed by atoms with Gasteiger partial charge in [0, 0.05) is 11.9 Å². The molecule has 1 aromatic carbocycles. The number of alkyl halides is 3. The predicted molar refractivity (Wildman–Crippen MR) is 85.0 cm³/mol. The van der Waals surface area contributed by atoms with E-state index in [0.29, 0.717) is 0 Å². The Labute approximate surface area is 144 Å². The van der Waals surface area contributed by atoms with Crippen molar-refractivity contribution in [2.75, 3.05) is 5.32 Å². The standard InChI is InChI=1S/C16H9ClF4N4/c17-13-12(16(19,20)21)15(23-10-6-4-9(18)5-7-10)25-14(24-13)11-3-1-2-8-22-11/h1-8H,(H,23,24,25). The largest absolute Gasteiger partial charge is 0.422 e. The third-order valence-corrected chi connectivity index (χ3v) is 3.42. The lowest BCUT2D eigenvalue weighted by atomic mass is 10.2. The van der Waals surface area contributed by atoms with Gasteiger partial charge in [0.1, 0.15) is 28.0 Å². The normalized spacial score (nSPS) is 11.4. The van der Waals surface area contributed by atoms with Crippen molar-refractivity contribution in [2.24, 2.45) is 0 Å². The molecule has 2 aromatic heterocycles. The SMILES string of the molecule is Fc1ccc(Nc2nc(-c3ccccn3)nc(Cl)c2C(F)(F)F)cc1. The zero-order valence-electron chi connectivity index (χ0n) is 12.4. The highest BCUT2D eigenvalue weighted by Gasteiger charge is 2.38. The number of nitrogens with zero attached hydrogens (tertiary/aromatic N) is 3. The monoisotopic (exact) mass is 368 g/mol. The highest BCUT2D eigenvalue weighted by molar-refractivity contribution is 6.30. The van der Waals surface area contributed by atoms with Gasteiger partial charge in [-0.25, -0.2) is 14.4 Å². The molecule has 0 amide bonds. The Morgan fingerprint density at radius 1 is 0.960 bits per heavy atom. The maximum atomic E-state index is 13.3. The number of hydrogen-bond acceptors (Lipinski definition) is 4. The van der Waals surface area contributed by atoms with Crippen LogP contribution in [0.2, 0.25) is 5.15 Å². The summed E-state index contributed by atoms with van der Waals surface area (Å²) in [6.45, 7) is 0. The zero-order valence-corrected chi connectivity index (χ0v) is 13.1. The van der Waals surface area contributed by atoms with Gasteiger partial charge in [-0.2, -0.15) is 13.2 Å². The second kappa shape index (κ2) is 6.64. The molecule has 0 aliphatic rings. The summed E-state index contributed by atoms with van der Waals surface area (Å²) in [5.74, 6) is -1.13. The second-order valence-corrected chi connectivity index (χ2v) is 5.26. The molecule has 3 rings (SSSR count). The Hall–Kier alpha value is -2.74. The summed E-state index contributed by atoms with van der Waals surface area (Å²) in [5.41, 5.74) is -0.730. The minimum atomic E-state index is -4.78. The van der Waals surface area contributed by atoms with Crippen molar-refractivity contribution in [2.45, 2.75) is 6.18 Å². The van der Waals surface area contributed by atoms with Crippen molar-refractivity contribution < 1.29 is 17.6 Å². The molecule has 0 unspecified atom stereocenters. The second-order valence-electron chi connectivity index (χ2n) is 4.91. The van der Waals surface area contributed by atoms with Gasteiger partial charge in [-0.05, 0) is 36.4 Å². The number of aromatic nitrogens is 3. The van der Waals surface area contributed by atoms with Crippen molar-refractivity contribution in [3.8, 4) is 11.5 Å². The summed E-state index contributed by atoms with van der Waals surface area (Å²) in [6, 6.07) is 9.62. The molecule has 128 valence electrons. The Balaban J connectivity index is 2.12. The molecule has 1 N–H and O–H groups in total. The van der Waals surface area contributed by atoms with Gasteiger partial charge in [-0.1, -0.05) is 17.7 Å². The highest BCUT2D eigenvalue weighted by Crippen LogP contribution is 2.40. The van der Waals surface area contributed by atoms with E-state index in [1.165, 1.54) is 18.3 Å². The summed E-state index contributed by atoms with van der Waals surface area (Å²) >= 11 is 5.76. The van der Waals surface area contributed by atoms with Gasteiger partial charge >= 0.3 is 6.18 Å². The topological polar surface area (TPSA) is 50.7 Å². The first-order valence-electron chi connectivity index (χ1n) is 6.93. The van der Waals surface area contributed by atoms with Crippen LogP contribution in [-0.2, 0) is 6.18 Å². The summed E-state index contributed by atoms with van der Waals surface area (Å²) in [6.07, 6.45) is -3.32. The molecule has 0 aliphatic carbocycles. The Bertz CT molecular complexity index is 883. The summed E-state index contributed by atoms with van der Waals surface area (Å²) in [7, 11) is 0. The molecule has 0 atom stereocenters. The fourth-order valence-corrected chi connectivity index (χ4v) is 2.33. The van der Waals surface area contributed by atoms with Gasteiger partial charge in [-0.15, -0.1) is 0 Å². The Morgan fingerprint density at radius 2 is 1.68 bits per heavy atom. The Kier molecular flexibility index (Phi) is 4.54. The first-order chi connectivity index (χ1) is 11.8. The lowest BCUT2D eigenvalue weighted by Gasteiger charge is -2.16. The van der Waals surface area contributed by atoms with Crippen LogP contribution >= 0.6 is 11.6 Å². The molecule has 0 aliphatic heterocycles. The highest BCUT2D eigenvalue weighted by atomic mass is 35.5. The van der Waals surface area contributed by atoms with Crippen LogP contribution < -0.4 is 5.32 Å². The van der Waals surface area contributed by atoms with Crippen LogP contribution in [-0.4, -0.2) is 15.0 Å². The summed E-state index contributed by atoms with van der Waals surface area (Å²) in [5, 5.41) is 1.75. The molecule has 4 nitrogen and oxygen atoms in total. The van der Waals surface area contributed by atoms with Crippen LogP contribution in [0.1, 0.15) is 5.56 Å². The Morgan fingerprint density at radius 3 is 2.28 bits per heavy atom. The number of pyridine rings is 1. The fourth-order valence-electron chi connectivity index (χ4n) is 2.05. The predicted octanol–water partition coefficient (Wildman–Crippen LogP) is 5.09. The van der Waals surface area contributed by atoms with E-state index in [1.54, 1.807) is 18.2 Å². The van der Waals surface area contributed by atoms with E-state index >= 15 is 0 Å². The maximum absolute atomic E-state index is 13.3. The molecule has 9 heteroatoms. The average Bonchev–Trinajstić information content (AvgIpc) is 2.56. The van der Waals surface area contributed by atoms with E-state index in [0.717, 1.165) is 12.1 Å². The van der Waals surface area contributed by atoms with Crippen LogP contribution in [0.25, 0.3) is 11.5 Å². The van der Waals surface area contributed by atoms with Crippen molar-refractivity contribution in [1.82, 2.24) is 15.0 Å².